The zero-order chi connectivity index (χ0) is 24.1. The van der Waals surface area contributed by atoms with Crippen LogP contribution >= 0.6 is 34.4 Å². The van der Waals surface area contributed by atoms with Crippen LogP contribution in [-0.4, -0.2) is 46.8 Å². The lowest BCUT2D eigenvalue weighted by molar-refractivity contribution is -0.139. The van der Waals surface area contributed by atoms with Gasteiger partial charge in [-0.1, -0.05) is 24.6 Å². The van der Waals surface area contributed by atoms with Gasteiger partial charge in [-0.3, -0.25) is 9.69 Å². The van der Waals surface area contributed by atoms with E-state index in [-0.39, 0.29) is 11.9 Å². The van der Waals surface area contributed by atoms with Crippen molar-refractivity contribution >= 4 is 63.2 Å². The lowest BCUT2D eigenvalue weighted by Crippen LogP contribution is -2.36. The highest BCUT2D eigenvalue weighted by molar-refractivity contribution is 14.1. The van der Waals surface area contributed by atoms with E-state index in [0.29, 0.717) is 25.1 Å². The molecule has 0 spiro atoms. The Balaban J connectivity index is 1.97. The van der Waals surface area contributed by atoms with Gasteiger partial charge in [0.05, 0.1) is 21.3 Å². The van der Waals surface area contributed by atoms with Crippen LogP contribution in [0.15, 0.2) is 46.3 Å². The summed E-state index contributed by atoms with van der Waals surface area (Å²) in [5.41, 5.74) is 2.69. The van der Waals surface area contributed by atoms with E-state index < -0.39 is 12.6 Å². The van der Waals surface area contributed by atoms with Crippen molar-refractivity contribution in [2.75, 3.05) is 13.7 Å². The van der Waals surface area contributed by atoms with Gasteiger partial charge in [0.15, 0.2) is 23.3 Å². The largest absolute Gasteiger partial charge is 0.493 e. The topological polar surface area (TPSA) is 88.4 Å². The van der Waals surface area contributed by atoms with E-state index in [9.17, 15) is 9.59 Å². The molecule has 0 radical (unpaired) electrons. The van der Waals surface area contributed by atoms with Crippen LogP contribution in [0, 0.1) is 10.5 Å². The summed E-state index contributed by atoms with van der Waals surface area (Å²) in [6.45, 7) is 5.60. The van der Waals surface area contributed by atoms with Crippen molar-refractivity contribution < 1.29 is 24.2 Å². The lowest BCUT2D eigenvalue weighted by Gasteiger charge is -2.22. The van der Waals surface area contributed by atoms with Gasteiger partial charge in [0.25, 0.3) is 5.91 Å². The normalized spacial score (nSPS) is 17.0. The summed E-state index contributed by atoms with van der Waals surface area (Å²) in [7, 11) is 1.49. The van der Waals surface area contributed by atoms with Gasteiger partial charge in [-0.05, 0) is 90.5 Å². The smallest absolute Gasteiger partial charge is 0.341 e. The predicted molar refractivity (Wildman–Crippen MR) is 139 cm³/mol. The number of ether oxygens (including phenoxy) is 2. The van der Waals surface area contributed by atoms with Crippen LogP contribution in [0.3, 0.4) is 0 Å². The number of benzene rings is 2. The molecule has 9 heteroatoms. The fourth-order valence-corrected chi connectivity index (χ4v) is 4.98. The van der Waals surface area contributed by atoms with Crippen molar-refractivity contribution in [2.45, 2.75) is 33.2 Å². The molecule has 3 rings (SSSR count). The molecule has 174 valence electrons. The highest BCUT2D eigenvalue weighted by Crippen LogP contribution is 2.39. The van der Waals surface area contributed by atoms with Crippen molar-refractivity contribution in [1.29, 1.82) is 0 Å². The van der Waals surface area contributed by atoms with Crippen LogP contribution < -0.4 is 9.47 Å². The number of nitrogens with zero attached hydrogens (tertiary/aromatic N) is 2. The van der Waals surface area contributed by atoms with Crippen LogP contribution in [0.1, 0.15) is 31.4 Å². The number of hydrogen-bond acceptors (Lipinski definition) is 6. The first-order valence-corrected chi connectivity index (χ1v) is 12.2. The Hall–Kier alpha value is -2.53. The molecule has 0 saturated carbocycles. The molecule has 33 heavy (non-hydrogen) atoms. The molecule has 1 amide bonds. The number of methoxy groups -OCH3 is 1. The minimum Gasteiger partial charge on any atom is -0.493 e. The van der Waals surface area contributed by atoms with Crippen LogP contribution in [0.5, 0.6) is 11.5 Å². The van der Waals surface area contributed by atoms with Crippen molar-refractivity contribution in [2.24, 2.45) is 4.99 Å². The molecule has 1 N–H and O–H groups in total. The molecular weight excluding hydrogens is 555 g/mol. The number of carboxylic acids is 1. The zero-order valence-electron chi connectivity index (χ0n) is 18.8. The van der Waals surface area contributed by atoms with E-state index in [2.05, 4.69) is 22.6 Å². The molecule has 1 heterocycles. The summed E-state index contributed by atoms with van der Waals surface area (Å²) in [5.74, 6) is -0.411. The van der Waals surface area contributed by atoms with Crippen LogP contribution in [0.25, 0.3) is 6.08 Å². The first-order valence-electron chi connectivity index (χ1n) is 10.3. The highest BCUT2D eigenvalue weighted by atomic mass is 127. The number of aryl methyl sites for hydroxylation is 1. The van der Waals surface area contributed by atoms with Crippen molar-refractivity contribution in [3.05, 3.63) is 56.0 Å². The molecule has 1 aliphatic rings. The van der Waals surface area contributed by atoms with Crippen LogP contribution in [0.2, 0.25) is 0 Å². The molecule has 2 aromatic carbocycles. The minimum absolute atomic E-state index is 0.00145. The SMILES string of the molecule is CC[C@@H](C)N1C(=O)/C(=C\c2cc(I)c(OCC(=O)O)c(OC)c2)SC1=Nc1ccc(C)cc1. The molecule has 0 bridgehead atoms. The number of carboxylic acid groups (broad SMARTS) is 1. The maximum absolute atomic E-state index is 13.3. The molecular formula is C24H25IN2O5S. The fourth-order valence-electron chi connectivity index (χ4n) is 3.11. The number of amidine groups is 1. The first kappa shape index (κ1) is 25.1. The van der Waals surface area contributed by atoms with Gasteiger partial charge in [-0.2, -0.15) is 0 Å². The van der Waals surface area contributed by atoms with E-state index >= 15 is 0 Å². The summed E-state index contributed by atoms with van der Waals surface area (Å²) in [5, 5.41) is 9.55. The fraction of sp³-hybridized carbons (Fsp3) is 0.292. The van der Waals surface area contributed by atoms with E-state index in [4.69, 9.17) is 19.6 Å². The van der Waals surface area contributed by atoms with E-state index in [1.54, 1.807) is 17.0 Å². The quantitative estimate of drug-likeness (QED) is 0.329. The Morgan fingerprint density at radius 2 is 2.00 bits per heavy atom. The predicted octanol–water partition coefficient (Wildman–Crippen LogP) is 5.47. The molecule has 1 fully saturated rings. The lowest BCUT2D eigenvalue weighted by atomic mass is 10.1. The van der Waals surface area contributed by atoms with Crippen molar-refractivity contribution in [3.8, 4) is 11.5 Å². The summed E-state index contributed by atoms with van der Waals surface area (Å²) in [4.78, 5) is 31.2. The molecule has 0 aliphatic carbocycles. The van der Waals surface area contributed by atoms with Crippen LogP contribution in [0.4, 0.5) is 5.69 Å². The Morgan fingerprint density at radius 3 is 2.61 bits per heavy atom. The molecule has 1 atom stereocenters. The average Bonchev–Trinajstić information content (AvgIpc) is 3.08. The van der Waals surface area contributed by atoms with E-state index in [0.717, 1.165) is 23.2 Å². The number of amides is 1. The monoisotopic (exact) mass is 580 g/mol. The molecule has 0 unspecified atom stereocenters. The van der Waals surface area contributed by atoms with Crippen molar-refractivity contribution in [3.63, 3.8) is 0 Å². The molecule has 1 aliphatic heterocycles. The van der Waals surface area contributed by atoms with Crippen molar-refractivity contribution in [1.82, 2.24) is 4.90 Å². The van der Waals surface area contributed by atoms with Gasteiger partial charge in [0, 0.05) is 6.04 Å². The van der Waals surface area contributed by atoms with Gasteiger partial charge in [0.2, 0.25) is 0 Å². The maximum atomic E-state index is 13.3. The van der Waals surface area contributed by atoms with Gasteiger partial charge < -0.3 is 14.6 Å². The summed E-state index contributed by atoms with van der Waals surface area (Å²) < 4.78 is 11.5. The number of carbonyl (C=O) groups excluding carboxylic acids is 1. The standard InChI is InChI=1S/C24H25IN2O5S/c1-5-15(3)27-23(30)20(33-24(27)26-17-8-6-14(2)7-9-17)12-16-10-18(25)22(19(11-16)31-4)32-13-21(28)29/h6-12,15H,5,13H2,1-4H3,(H,28,29)/b20-12+,26-24?/t15-/m1/s1. The Bertz CT molecular complexity index is 1110. The molecule has 2 aromatic rings. The van der Waals surface area contributed by atoms with Crippen LogP contribution in [-0.2, 0) is 9.59 Å². The first-order chi connectivity index (χ1) is 15.7. The number of aliphatic imine (C=N–C) groups is 1. The second-order valence-corrected chi connectivity index (χ2v) is 9.66. The summed E-state index contributed by atoms with van der Waals surface area (Å²) in [6, 6.07) is 11.4. The minimum atomic E-state index is -1.07. The van der Waals surface area contributed by atoms with Gasteiger partial charge >= 0.3 is 5.97 Å². The number of aliphatic carboxylic acids is 1. The number of rotatable bonds is 8. The average molecular weight is 580 g/mol. The second-order valence-electron chi connectivity index (χ2n) is 7.49. The number of hydrogen-bond donors (Lipinski definition) is 1. The Labute approximate surface area is 211 Å². The highest BCUT2D eigenvalue weighted by Gasteiger charge is 2.36. The zero-order valence-corrected chi connectivity index (χ0v) is 21.8. The van der Waals surface area contributed by atoms with Gasteiger partial charge in [0.1, 0.15) is 0 Å². The number of carbonyl (C=O) groups is 2. The molecule has 1 saturated heterocycles. The second kappa shape index (κ2) is 11.1. The Kier molecular flexibility index (Phi) is 8.41. The van der Waals surface area contributed by atoms with Gasteiger partial charge in [-0.15, -0.1) is 0 Å². The van der Waals surface area contributed by atoms with Gasteiger partial charge in [-0.25, -0.2) is 9.79 Å². The number of thioether (sulfide) groups is 1. The molecule has 0 aromatic heterocycles. The third kappa shape index (κ3) is 6.08. The van der Waals surface area contributed by atoms with E-state index in [1.807, 2.05) is 51.1 Å². The maximum Gasteiger partial charge on any atom is 0.341 e. The number of halogens is 1. The molecule has 7 nitrogen and oxygen atoms in total. The Morgan fingerprint density at radius 1 is 1.30 bits per heavy atom. The third-order valence-electron chi connectivity index (χ3n) is 5.02. The third-order valence-corrected chi connectivity index (χ3v) is 6.80. The summed E-state index contributed by atoms with van der Waals surface area (Å²) >= 11 is 3.40. The van der Waals surface area contributed by atoms with E-state index in [1.165, 1.54) is 18.9 Å². The summed E-state index contributed by atoms with van der Waals surface area (Å²) in [6.07, 6.45) is 2.60.